The van der Waals surface area contributed by atoms with Gasteiger partial charge in [-0.05, 0) is 60.7 Å². The van der Waals surface area contributed by atoms with Gasteiger partial charge >= 0.3 is 11.9 Å². The Morgan fingerprint density at radius 3 is 2.65 bits per heavy atom. The van der Waals surface area contributed by atoms with Crippen LogP contribution in [0, 0.1) is 0 Å². The number of hydrogen-bond acceptors (Lipinski definition) is 7. The molecule has 0 spiro atoms. The van der Waals surface area contributed by atoms with Crippen molar-refractivity contribution >= 4 is 46.5 Å². The van der Waals surface area contributed by atoms with E-state index in [1.807, 2.05) is 0 Å². The third-order valence-corrected chi connectivity index (χ3v) is 5.16. The van der Waals surface area contributed by atoms with Gasteiger partial charge in [-0.15, -0.1) is 0 Å². The van der Waals surface area contributed by atoms with Crippen LogP contribution in [0.4, 0.5) is 5.69 Å². The van der Waals surface area contributed by atoms with Crippen molar-refractivity contribution in [2.45, 2.75) is 6.92 Å². The molecule has 0 saturated carbocycles. The highest BCUT2D eigenvalue weighted by Gasteiger charge is 2.32. The number of hydrogen-bond donors (Lipinski definition) is 3. The van der Waals surface area contributed by atoms with E-state index in [0.717, 1.165) is 17.8 Å². The number of ether oxygens (including phenoxy) is 1. The number of amidine groups is 1. The summed E-state index contributed by atoms with van der Waals surface area (Å²) in [4.78, 5) is 41.1. The van der Waals surface area contributed by atoms with Gasteiger partial charge < -0.3 is 20.1 Å². The Bertz CT molecular complexity index is 1110. The summed E-state index contributed by atoms with van der Waals surface area (Å²) in [5.74, 6) is -2.49. The maximum Gasteiger partial charge on any atom is 0.341 e. The highest BCUT2D eigenvalue weighted by atomic mass is 32.2. The minimum absolute atomic E-state index is 0.115. The lowest BCUT2D eigenvalue weighted by atomic mass is 10.2. The minimum Gasteiger partial charge on any atom is -0.508 e. The highest BCUT2D eigenvalue weighted by molar-refractivity contribution is 8.18. The van der Waals surface area contributed by atoms with Crippen LogP contribution >= 0.6 is 11.8 Å². The molecule has 0 bridgehead atoms. The van der Waals surface area contributed by atoms with E-state index in [1.54, 1.807) is 37.3 Å². The molecular formula is C21H18N2O7S. The van der Waals surface area contributed by atoms with Crippen LogP contribution in [0.3, 0.4) is 0 Å². The van der Waals surface area contributed by atoms with Crippen LogP contribution in [0.25, 0.3) is 6.08 Å². The van der Waals surface area contributed by atoms with Crippen LogP contribution < -0.4 is 4.74 Å². The monoisotopic (exact) mass is 442 g/mol. The molecule has 1 aliphatic rings. The van der Waals surface area contributed by atoms with Crippen molar-refractivity contribution in [1.29, 1.82) is 0 Å². The molecule has 0 aromatic heterocycles. The first-order valence-corrected chi connectivity index (χ1v) is 9.91. The Labute approximate surface area is 181 Å². The number of aromatic hydroxyl groups is 1. The molecule has 1 amide bonds. The Morgan fingerprint density at radius 1 is 1.19 bits per heavy atom. The van der Waals surface area contributed by atoms with Gasteiger partial charge in [-0.3, -0.25) is 9.69 Å². The van der Waals surface area contributed by atoms with Crippen molar-refractivity contribution in [1.82, 2.24) is 4.90 Å². The Balaban J connectivity index is 1.92. The number of carboxylic acid groups (broad SMARTS) is 2. The number of aromatic carboxylic acids is 1. The minimum atomic E-state index is -1.25. The summed E-state index contributed by atoms with van der Waals surface area (Å²) in [6, 6.07) is 10.4. The van der Waals surface area contributed by atoms with Gasteiger partial charge in [-0.25, -0.2) is 14.6 Å². The molecule has 31 heavy (non-hydrogen) atoms. The third-order valence-electron chi connectivity index (χ3n) is 4.15. The van der Waals surface area contributed by atoms with Crippen LogP contribution in [0.1, 0.15) is 22.8 Å². The molecule has 0 radical (unpaired) electrons. The van der Waals surface area contributed by atoms with E-state index < -0.39 is 18.5 Å². The zero-order valence-corrected chi connectivity index (χ0v) is 17.1. The lowest BCUT2D eigenvalue weighted by Crippen LogP contribution is -2.28. The normalized spacial score (nSPS) is 16.2. The second-order valence-electron chi connectivity index (χ2n) is 6.32. The number of likely N-dealkylation sites (N-methyl/N-ethyl adjacent to an activating group) is 1. The molecule has 1 aliphatic heterocycles. The molecule has 1 saturated heterocycles. The highest BCUT2D eigenvalue weighted by Crippen LogP contribution is 2.35. The van der Waals surface area contributed by atoms with E-state index in [0.29, 0.717) is 27.9 Å². The Kier molecular flexibility index (Phi) is 6.61. The summed E-state index contributed by atoms with van der Waals surface area (Å²) in [5.41, 5.74) is 0.564. The maximum atomic E-state index is 12.8. The van der Waals surface area contributed by atoms with E-state index in [2.05, 4.69) is 4.99 Å². The Hall–Kier alpha value is -3.79. The number of carboxylic acids is 2. The van der Waals surface area contributed by atoms with Gasteiger partial charge in [0.25, 0.3) is 5.91 Å². The lowest BCUT2D eigenvalue weighted by Gasteiger charge is -2.12. The van der Waals surface area contributed by atoms with Crippen molar-refractivity contribution in [3.8, 4) is 11.5 Å². The quantitative estimate of drug-likeness (QED) is 0.556. The summed E-state index contributed by atoms with van der Waals surface area (Å²) in [6.45, 7) is 1.61. The van der Waals surface area contributed by atoms with Crippen LogP contribution in [-0.4, -0.2) is 56.4 Å². The average Bonchev–Trinajstić information content (AvgIpc) is 3.02. The molecule has 160 valence electrons. The van der Waals surface area contributed by atoms with Crippen LogP contribution in [0.15, 0.2) is 52.4 Å². The topological polar surface area (TPSA) is 137 Å². The summed E-state index contributed by atoms with van der Waals surface area (Å²) >= 11 is 1.09. The smallest absolute Gasteiger partial charge is 0.341 e. The number of phenolic OH excluding ortho intramolecular Hbond substituents is 1. The molecule has 10 heteroatoms. The van der Waals surface area contributed by atoms with Crippen molar-refractivity contribution in [2.24, 2.45) is 4.99 Å². The summed E-state index contributed by atoms with van der Waals surface area (Å²) in [7, 11) is 0. The number of aliphatic imine (C=N–C) groups is 1. The van der Waals surface area contributed by atoms with E-state index in [1.165, 1.54) is 17.0 Å². The molecule has 9 nitrogen and oxygen atoms in total. The molecule has 0 unspecified atom stereocenters. The van der Waals surface area contributed by atoms with Crippen molar-refractivity contribution in [2.75, 3.05) is 13.2 Å². The first-order valence-electron chi connectivity index (χ1n) is 9.09. The fourth-order valence-corrected chi connectivity index (χ4v) is 3.81. The fraction of sp³-hybridized carbons (Fsp3) is 0.143. The number of nitrogens with zero attached hydrogens (tertiary/aromatic N) is 2. The molecule has 3 rings (SSSR count). The molecule has 1 fully saturated rings. The molecule has 2 aromatic rings. The SMILES string of the molecule is CCN1C(=O)/C(=C/c2cccc(OCC(=O)O)c2)SC1=Nc1ccc(O)cc1C(=O)O. The zero-order chi connectivity index (χ0) is 22.5. The lowest BCUT2D eigenvalue weighted by molar-refractivity contribution is -0.139. The number of rotatable bonds is 7. The van der Waals surface area contributed by atoms with E-state index in [4.69, 9.17) is 9.84 Å². The number of aliphatic carboxylic acids is 1. The second-order valence-corrected chi connectivity index (χ2v) is 7.33. The predicted molar refractivity (Wildman–Crippen MR) is 115 cm³/mol. The Morgan fingerprint density at radius 2 is 1.97 bits per heavy atom. The maximum absolute atomic E-state index is 12.8. The van der Waals surface area contributed by atoms with Gasteiger partial charge in [-0.2, -0.15) is 0 Å². The van der Waals surface area contributed by atoms with Crippen molar-refractivity contribution in [3.63, 3.8) is 0 Å². The molecule has 0 aliphatic carbocycles. The second kappa shape index (κ2) is 9.35. The number of amides is 1. The average molecular weight is 442 g/mol. The van der Waals surface area contributed by atoms with E-state index >= 15 is 0 Å². The molecule has 3 N–H and O–H groups in total. The fourth-order valence-electron chi connectivity index (χ4n) is 2.76. The van der Waals surface area contributed by atoms with Gasteiger partial charge in [0.05, 0.1) is 16.2 Å². The third kappa shape index (κ3) is 5.23. The zero-order valence-electron chi connectivity index (χ0n) is 16.3. The van der Waals surface area contributed by atoms with Gasteiger partial charge in [0.1, 0.15) is 11.5 Å². The standard InChI is InChI=1S/C21H18N2O7S/c1-2-23-19(27)17(9-12-4-3-5-14(8-12)30-11-18(25)26)31-21(23)22-16-7-6-13(24)10-15(16)20(28)29/h3-10,24H,2,11H2,1H3,(H,25,26)(H,28,29)/b17-9-,22-21?. The number of phenols is 1. The predicted octanol–water partition coefficient (Wildman–Crippen LogP) is 3.18. The van der Waals surface area contributed by atoms with Gasteiger partial charge in [0.2, 0.25) is 0 Å². The molecule has 0 atom stereocenters. The number of carbonyl (C=O) groups is 3. The van der Waals surface area contributed by atoms with Gasteiger partial charge in [-0.1, -0.05) is 12.1 Å². The molecular weight excluding hydrogens is 424 g/mol. The summed E-state index contributed by atoms with van der Waals surface area (Å²) in [6.07, 6.45) is 1.63. The van der Waals surface area contributed by atoms with Crippen LogP contribution in [0.5, 0.6) is 11.5 Å². The first-order chi connectivity index (χ1) is 14.8. The van der Waals surface area contributed by atoms with E-state index in [9.17, 15) is 24.6 Å². The van der Waals surface area contributed by atoms with Gasteiger partial charge in [0, 0.05) is 6.54 Å². The molecule has 1 heterocycles. The van der Waals surface area contributed by atoms with Crippen LogP contribution in [0.2, 0.25) is 0 Å². The summed E-state index contributed by atoms with van der Waals surface area (Å²) in [5, 5.41) is 28.0. The van der Waals surface area contributed by atoms with Crippen LogP contribution in [-0.2, 0) is 9.59 Å². The van der Waals surface area contributed by atoms with Gasteiger partial charge in [0.15, 0.2) is 11.8 Å². The van der Waals surface area contributed by atoms with Crippen molar-refractivity contribution < 1.29 is 34.4 Å². The first kappa shape index (κ1) is 21.9. The van der Waals surface area contributed by atoms with E-state index in [-0.39, 0.29) is 22.9 Å². The van der Waals surface area contributed by atoms with Crippen molar-refractivity contribution in [3.05, 3.63) is 58.5 Å². The number of benzene rings is 2. The number of carbonyl (C=O) groups excluding carboxylic acids is 1. The summed E-state index contributed by atoms with van der Waals surface area (Å²) < 4.78 is 5.16. The molecule has 2 aromatic carbocycles. The largest absolute Gasteiger partial charge is 0.508 e. The number of thioether (sulfide) groups is 1.